The highest BCUT2D eigenvalue weighted by Gasteiger charge is 2.02. The Kier molecular flexibility index (Phi) is 2.00. The van der Waals surface area contributed by atoms with E-state index in [9.17, 15) is 0 Å². The topological polar surface area (TPSA) is 38.7 Å². The lowest BCUT2D eigenvalue weighted by molar-refractivity contribution is 0.978. The number of rotatable bonds is 1. The van der Waals surface area contributed by atoms with Crippen LogP contribution in [0.5, 0.6) is 0 Å². The average Bonchev–Trinajstić information content (AvgIpc) is 2.20. The summed E-state index contributed by atoms with van der Waals surface area (Å²) in [4.78, 5) is 4.14. The maximum absolute atomic E-state index is 4.14. The summed E-state index contributed by atoms with van der Waals surface area (Å²) in [5.74, 6) is 0.681. The SMILES string of the molecule is Cc1ccccc1-c1nccnn1. The summed E-state index contributed by atoms with van der Waals surface area (Å²) in [7, 11) is 0. The Bertz CT molecular complexity index is 398. The molecular weight excluding hydrogens is 162 g/mol. The molecule has 0 amide bonds. The van der Waals surface area contributed by atoms with Crippen molar-refractivity contribution < 1.29 is 0 Å². The smallest absolute Gasteiger partial charge is 0.181 e. The first-order chi connectivity index (χ1) is 6.38. The Morgan fingerprint density at radius 3 is 2.62 bits per heavy atom. The second-order valence-electron chi connectivity index (χ2n) is 2.78. The lowest BCUT2D eigenvalue weighted by Crippen LogP contribution is -1.91. The van der Waals surface area contributed by atoms with E-state index in [2.05, 4.69) is 15.2 Å². The minimum Gasteiger partial charge on any atom is -0.233 e. The zero-order valence-electron chi connectivity index (χ0n) is 7.31. The Balaban J connectivity index is 2.54. The monoisotopic (exact) mass is 171 g/mol. The number of hydrogen-bond donors (Lipinski definition) is 0. The Morgan fingerprint density at radius 1 is 1.08 bits per heavy atom. The molecule has 1 aromatic heterocycles. The van der Waals surface area contributed by atoms with E-state index in [-0.39, 0.29) is 0 Å². The molecule has 0 bridgehead atoms. The third-order valence-electron chi connectivity index (χ3n) is 1.87. The summed E-state index contributed by atoms with van der Waals surface area (Å²) < 4.78 is 0. The van der Waals surface area contributed by atoms with Crippen molar-refractivity contribution in [1.29, 1.82) is 0 Å². The first kappa shape index (κ1) is 7.86. The van der Waals surface area contributed by atoms with Crippen LogP contribution >= 0.6 is 0 Å². The Morgan fingerprint density at radius 2 is 1.92 bits per heavy atom. The zero-order chi connectivity index (χ0) is 9.10. The third kappa shape index (κ3) is 1.54. The molecule has 0 radical (unpaired) electrons. The molecule has 2 aromatic rings. The van der Waals surface area contributed by atoms with Gasteiger partial charge in [-0.3, -0.25) is 0 Å². The maximum Gasteiger partial charge on any atom is 0.181 e. The zero-order valence-corrected chi connectivity index (χ0v) is 7.31. The van der Waals surface area contributed by atoms with Crippen molar-refractivity contribution in [2.75, 3.05) is 0 Å². The van der Waals surface area contributed by atoms with Crippen LogP contribution in [0.3, 0.4) is 0 Å². The van der Waals surface area contributed by atoms with Crippen molar-refractivity contribution in [3.8, 4) is 11.4 Å². The van der Waals surface area contributed by atoms with Crippen molar-refractivity contribution in [2.24, 2.45) is 0 Å². The van der Waals surface area contributed by atoms with Crippen molar-refractivity contribution in [1.82, 2.24) is 15.2 Å². The van der Waals surface area contributed by atoms with Crippen LogP contribution in [0, 0.1) is 6.92 Å². The molecule has 0 aliphatic rings. The van der Waals surface area contributed by atoms with Crippen LogP contribution in [0.15, 0.2) is 36.7 Å². The number of aromatic nitrogens is 3. The molecule has 3 nitrogen and oxygen atoms in total. The lowest BCUT2D eigenvalue weighted by Gasteiger charge is -2.00. The fraction of sp³-hybridized carbons (Fsp3) is 0.100. The van der Waals surface area contributed by atoms with E-state index >= 15 is 0 Å². The molecular formula is C10H9N3. The Hall–Kier alpha value is -1.77. The van der Waals surface area contributed by atoms with Crippen molar-refractivity contribution >= 4 is 0 Å². The van der Waals surface area contributed by atoms with Gasteiger partial charge in [0.25, 0.3) is 0 Å². The standard InChI is InChI=1S/C10H9N3/c1-8-4-2-3-5-9(8)10-11-6-7-12-13-10/h2-7H,1H3. The van der Waals surface area contributed by atoms with Gasteiger partial charge in [-0.2, -0.15) is 5.10 Å². The second kappa shape index (κ2) is 3.31. The molecule has 1 aromatic carbocycles. The first-order valence-corrected chi connectivity index (χ1v) is 4.07. The largest absolute Gasteiger partial charge is 0.233 e. The fourth-order valence-corrected chi connectivity index (χ4v) is 1.19. The predicted octanol–water partition coefficient (Wildman–Crippen LogP) is 1.85. The summed E-state index contributed by atoms with van der Waals surface area (Å²) in [5, 5.41) is 7.74. The van der Waals surface area contributed by atoms with Gasteiger partial charge in [0.05, 0.1) is 6.20 Å². The van der Waals surface area contributed by atoms with E-state index in [0.717, 1.165) is 11.1 Å². The first-order valence-electron chi connectivity index (χ1n) is 4.07. The third-order valence-corrected chi connectivity index (χ3v) is 1.87. The number of aryl methyl sites for hydroxylation is 1. The van der Waals surface area contributed by atoms with E-state index in [1.54, 1.807) is 12.4 Å². The Labute approximate surface area is 76.5 Å². The van der Waals surface area contributed by atoms with Crippen LogP contribution in [-0.2, 0) is 0 Å². The van der Waals surface area contributed by atoms with Gasteiger partial charge < -0.3 is 0 Å². The minimum atomic E-state index is 0.681. The van der Waals surface area contributed by atoms with Gasteiger partial charge in [0.1, 0.15) is 0 Å². The molecule has 1 heterocycles. The molecule has 3 heteroatoms. The summed E-state index contributed by atoms with van der Waals surface area (Å²) in [6, 6.07) is 7.99. The quantitative estimate of drug-likeness (QED) is 0.657. The molecule has 0 saturated carbocycles. The highest BCUT2D eigenvalue weighted by atomic mass is 15.1. The van der Waals surface area contributed by atoms with Gasteiger partial charge in [-0.25, -0.2) is 4.98 Å². The number of nitrogens with zero attached hydrogens (tertiary/aromatic N) is 3. The van der Waals surface area contributed by atoms with E-state index in [0.29, 0.717) is 5.82 Å². The van der Waals surface area contributed by atoms with E-state index in [4.69, 9.17) is 0 Å². The molecule has 0 saturated heterocycles. The van der Waals surface area contributed by atoms with Gasteiger partial charge in [-0.15, -0.1) is 5.10 Å². The molecule has 0 N–H and O–H groups in total. The second-order valence-corrected chi connectivity index (χ2v) is 2.78. The summed E-state index contributed by atoms with van der Waals surface area (Å²) in [6.45, 7) is 2.03. The van der Waals surface area contributed by atoms with Crippen LogP contribution in [0.1, 0.15) is 5.56 Å². The van der Waals surface area contributed by atoms with Crippen LogP contribution in [0.25, 0.3) is 11.4 Å². The van der Waals surface area contributed by atoms with Crippen molar-refractivity contribution in [3.63, 3.8) is 0 Å². The normalized spacial score (nSPS) is 9.92. The van der Waals surface area contributed by atoms with Gasteiger partial charge in [0.15, 0.2) is 5.82 Å². The van der Waals surface area contributed by atoms with Crippen LogP contribution < -0.4 is 0 Å². The van der Waals surface area contributed by atoms with Crippen molar-refractivity contribution in [2.45, 2.75) is 6.92 Å². The summed E-state index contributed by atoms with van der Waals surface area (Å²) >= 11 is 0. The highest BCUT2D eigenvalue weighted by molar-refractivity contribution is 5.58. The van der Waals surface area contributed by atoms with Crippen LogP contribution in [0.2, 0.25) is 0 Å². The molecule has 0 atom stereocenters. The molecule has 0 unspecified atom stereocenters. The van der Waals surface area contributed by atoms with Gasteiger partial charge in [-0.1, -0.05) is 24.3 Å². The van der Waals surface area contributed by atoms with Gasteiger partial charge >= 0.3 is 0 Å². The molecule has 13 heavy (non-hydrogen) atoms. The molecule has 64 valence electrons. The lowest BCUT2D eigenvalue weighted by atomic mass is 10.1. The average molecular weight is 171 g/mol. The van der Waals surface area contributed by atoms with Gasteiger partial charge in [0.2, 0.25) is 0 Å². The number of benzene rings is 1. The molecule has 0 aliphatic heterocycles. The molecule has 0 spiro atoms. The van der Waals surface area contributed by atoms with E-state index in [1.807, 2.05) is 31.2 Å². The van der Waals surface area contributed by atoms with Gasteiger partial charge in [0, 0.05) is 11.8 Å². The number of hydrogen-bond acceptors (Lipinski definition) is 3. The summed E-state index contributed by atoms with van der Waals surface area (Å²) in [6.07, 6.45) is 3.22. The van der Waals surface area contributed by atoms with Crippen molar-refractivity contribution in [3.05, 3.63) is 42.2 Å². The summed E-state index contributed by atoms with van der Waals surface area (Å²) in [5.41, 5.74) is 2.20. The van der Waals surface area contributed by atoms with E-state index < -0.39 is 0 Å². The minimum absolute atomic E-state index is 0.681. The molecule has 0 aliphatic carbocycles. The predicted molar refractivity (Wildman–Crippen MR) is 50.0 cm³/mol. The highest BCUT2D eigenvalue weighted by Crippen LogP contribution is 2.17. The van der Waals surface area contributed by atoms with Crippen LogP contribution in [0.4, 0.5) is 0 Å². The van der Waals surface area contributed by atoms with Gasteiger partial charge in [-0.05, 0) is 12.5 Å². The molecule has 2 rings (SSSR count). The van der Waals surface area contributed by atoms with E-state index in [1.165, 1.54) is 0 Å². The molecule has 0 fully saturated rings. The fourth-order valence-electron chi connectivity index (χ4n) is 1.19. The maximum atomic E-state index is 4.14. The van der Waals surface area contributed by atoms with Crippen LogP contribution in [-0.4, -0.2) is 15.2 Å².